The fraction of sp³-hybridized carbons (Fsp3) is 0.0400. The van der Waals surface area contributed by atoms with Crippen LogP contribution in [-0.4, -0.2) is 30.4 Å². The number of amides is 5. The second-order valence-corrected chi connectivity index (χ2v) is 9.31. The zero-order chi connectivity index (χ0) is 26.7. The third-order valence-electron chi connectivity index (χ3n) is 5.02. The summed E-state index contributed by atoms with van der Waals surface area (Å²) in [5.41, 5.74) is 0.415. The van der Waals surface area contributed by atoms with Crippen molar-refractivity contribution in [2.75, 3.05) is 16.8 Å². The van der Waals surface area contributed by atoms with E-state index in [1.807, 2.05) is 0 Å². The van der Waals surface area contributed by atoms with E-state index in [0.717, 1.165) is 4.90 Å². The number of barbiturate groups is 1. The first-order valence-electron chi connectivity index (χ1n) is 10.5. The van der Waals surface area contributed by atoms with Gasteiger partial charge in [0.05, 0.1) is 15.7 Å². The van der Waals surface area contributed by atoms with Crippen LogP contribution in [0.2, 0.25) is 10.0 Å². The summed E-state index contributed by atoms with van der Waals surface area (Å²) in [5, 5.41) is 5.02. The molecule has 0 aromatic heterocycles. The highest BCUT2D eigenvalue weighted by Gasteiger charge is 2.37. The molecule has 188 valence electrons. The molecule has 0 spiro atoms. The molecule has 0 bridgehead atoms. The predicted molar refractivity (Wildman–Crippen MR) is 140 cm³/mol. The van der Waals surface area contributed by atoms with Gasteiger partial charge in [0, 0.05) is 15.7 Å². The van der Waals surface area contributed by atoms with Gasteiger partial charge in [-0.05, 0) is 66.7 Å². The zero-order valence-corrected chi connectivity index (χ0v) is 21.7. The van der Waals surface area contributed by atoms with Gasteiger partial charge in [-0.25, -0.2) is 14.1 Å². The maximum absolute atomic E-state index is 13.2. The summed E-state index contributed by atoms with van der Waals surface area (Å²) in [5.74, 6) is -2.58. The van der Waals surface area contributed by atoms with Crippen LogP contribution in [-0.2, 0) is 14.4 Å². The highest BCUT2D eigenvalue weighted by Crippen LogP contribution is 2.31. The van der Waals surface area contributed by atoms with Crippen LogP contribution in [0.5, 0.6) is 5.75 Å². The number of urea groups is 1. The fourth-order valence-electron chi connectivity index (χ4n) is 3.31. The number of nitrogens with one attached hydrogen (secondary N) is 2. The molecule has 0 saturated carbocycles. The van der Waals surface area contributed by atoms with Gasteiger partial charge in [-0.3, -0.25) is 19.7 Å². The van der Waals surface area contributed by atoms with E-state index < -0.39 is 36.2 Å². The minimum Gasteiger partial charge on any atom is -0.483 e. The van der Waals surface area contributed by atoms with E-state index in [4.69, 9.17) is 27.9 Å². The number of imide groups is 2. The molecule has 12 heteroatoms. The molecular weight excluding hydrogens is 592 g/mol. The lowest BCUT2D eigenvalue weighted by molar-refractivity contribution is -0.122. The van der Waals surface area contributed by atoms with Gasteiger partial charge in [0.2, 0.25) is 0 Å². The molecular formula is C25H15BrCl2FN3O5. The van der Waals surface area contributed by atoms with E-state index in [9.17, 15) is 23.6 Å². The third-order valence-corrected chi connectivity index (χ3v) is 6.25. The Hall–Kier alpha value is -3.73. The number of rotatable bonds is 6. The minimum atomic E-state index is -0.950. The maximum Gasteiger partial charge on any atom is 0.335 e. The first kappa shape index (κ1) is 26.3. The molecule has 4 rings (SSSR count). The van der Waals surface area contributed by atoms with Crippen molar-refractivity contribution in [3.8, 4) is 5.75 Å². The van der Waals surface area contributed by atoms with Crippen molar-refractivity contribution in [2.45, 2.75) is 0 Å². The average molecular weight is 607 g/mol. The second-order valence-electron chi connectivity index (χ2n) is 7.58. The Morgan fingerprint density at radius 3 is 2.46 bits per heavy atom. The number of anilines is 2. The fourth-order valence-corrected chi connectivity index (χ4v) is 3.98. The lowest BCUT2D eigenvalue weighted by Gasteiger charge is -2.26. The predicted octanol–water partition coefficient (Wildman–Crippen LogP) is 5.58. The normalized spacial score (nSPS) is 14.5. The van der Waals surface area contributed by atoms with Crippen LogP contribution >= 0.6 is 39.1 Å². The van der Waals surface area contributed by atoms with Gasteiger partial charge in [0.1, 0.15) is 17.1 Å². The first-order chi connectivity index (χ1) is 17.6. The summed E-state index contributed by atoms with van der Waals surface area (Å²) in [6.45, 7) is -0.413. The molecule has 1 saturated heterocycles. The van der Waals surface area contributed by atoms with Crippen molar-refractivity contribution in [3.63, 3.8) is 0 Å². The Morgan fingerprint density at radius 1 is 1.03 bits per heavy atom. The van der Waals surface area contributed by atoms with Crippen LogP contribution in [0.15, 0.2) is 70.7 Å². The summed E-state index contributed by atoms with van der Waals surface area (Å²) in [7, 11) is 0. The second kappa shape index (κ2) is 11.1. The van der Waals surface area contributed by atoms with E-state index in [2.05, 4.69) is 26.6 Å². The lowest BCUT2D eigenvalue weighted by atomic mass is 10.1. The average Bonchev–Trinajstić information content (AvgIpc) is 2.84. The van der Waals surface area contributed by atoms with Gasteiger partial charge in [-0.15, -0.1) is 0 Å². The number of hydrogen-bond donors (Lipinski definition) is 2. The zero-order valence-electron chi connectivity index (χ0n) is 18.6. The number of ether oxygens (including phenoxy) is 1. The van der Waals surface area contributed by atoms with Crippen LogP contribution in [0.4, 0.5) is 20.6 Å². The van der Waals surface area contributed by atoms with E-state index in [1.165, 1.54) is 54.6 Å². The number of hydrogen-bond acceptors (Lipinski definition) is 5. The Labute approximate surface area is 228 Å². The molecule has 0 aliphatic carbocycles. The first-order valence-corrected chi connectivity index (χ1v) is 12.0. The number of halogens is 4. The Balaban J connectivity index is 1.58. The summed E-state index contributed by atoms with van der Waals surface area (Å²) >= 11 is 15.3. The molecule has 2 N–H and O–H groups in total. The number of carbonyl (C=O) groups excluding carboxylic acids is 4. The molecule has 37 heavy (non-hydrogen) atoms. The monoisotopic (exact) mass is 605 g/mol. The Bertz CT molecular complexity index is 1460. The van der Waals surface area contributed by atoms with Crippen molar-refractivity contribution >= 4 is 80.3 Å². The molecule has 1 heterocycles. The van der Waals surface area contributed by atoms with Crippen molar-refractivity contribution in [3.05, 3.63) is 92.1 Å². The molecule has 8 nitrogen and oxygen atoms in total. The molecule has 0 radical (unpaired) electrons. The topological polar surface area (TPSA) is 105 Å². The highest BCUT2D eigenvalue weighted by atomic mass is 79.9. The molecule has 1 aliphatic rings. The van der Waals surface area contributed by atoms with Gasteiger partial charge >= 0.3 is 6.03 Å². The van der Waals surface area contributed by atoms with E-state index in [1.54, 1.807) is 12.1 Å². The molecule has 5 amide bonds. The van der Waals surface area contributed by atoms with E-state index >= 15 is 0 Å². The van der Waals surface area contributed by atoms with Crippen molar-refractivity contribution < 1.29 is 28.3 Å². The summed E-state index contributed by atoms with van der Waals surface area (Å²) in [6, 6.07) is 13.1. The van der Waals surface area contributed by atoms with Crippen LogP contribution < -0.4 is 20.3 Å². The van der Waals surface area contributed by atoms with Crippen molar-refractivity contribution in [2.24, 2.45) is 0 Å². The number of benzene rings is 3. The van der Waals surface area contributed by atoms with Crippen LogP contribution in [0, 0.1) is 5.82 Å². The number of carbonyl (C=O) groups is 4. The van der Waals surface area contributed by atoms with Gasteiger partial charge in [0.25, 0.3) is 17.7 Å². The maximum atomic E-state index is 13.2. The molecule has 0 atom stereocenters. The lowest BCUT2D eigenvalue weighted by Crippen LogP contribution is -2.54. The SMILES string of the molecule is O=C(COc1ccc(Br)cc1/C=C1/C(=O)NC(=O)N(c2ccc(Cl)c(Cl)c2)C1=O)Nc1ccc(F)cc1. The van der Waals surface area contributed by atoms with Crippen molar-refractivity contribution in [1.82, 2.24) is 5.32 Å². The van der Waals surface area contributed by atoms with Crippen LogP contribution in [0.3, 0.4) is 0 Å². The van der Waals surface area contributed by atoms with Gasteiger partial charge < -0.3 is 10.1 Å². The minimum absolute atomic E-state index is 0.110. The third kappa shape index (κ3) is 6.16. The highest BCUT2D eigenvalue weighted by molar-refractivity contribution is 9.10. The standard InChI is InChI=1S/C25H15BrCl2FN3O5/c26-14-1-8-21(37-12-22(33)30-16-4-2-15(29)3-5-16)13(9-14)10-18-23(34)31-25(36)32(24(18)35)17-6-7-19(27)20(28)11-17/h1-11H,12H2,(H,30,33)(H,31,34,36)/b18-10-. The molecule has 3 aromatic rings. The van der Waals surface area contributed by atoms with E-state index in [0.29, 0.717) is 10.2 Å². The van der Waals surface area contributed by atoms with Crippen LogP contribution in [0.1, 0.15) is 5.56 Å². The van der Waals surface area contributed by atoms with E-state index in [-0.39, 0.29) is 32.6 Å². The molecule has 3 aromatic carbocycles. The van der Waals surface area contributed by atoms with Gasteiger partial charge in [-0.2, -0.15) is 0 Å². The van der Waals surface area contributed by atoms with Gasteiger partial charge in [0.15, 0.2) is 6.61 Å². The Kier molecular flexibility index (Phi) is 7.91. The van der Waals surface area contributed by atoms with Gasteiger partial charge in [-0.1, -0.05) is 39.1 Å². The summed E-state index contributed by atoms with van der Waals surface area (Å²) in [6.07, 6.45) is 1.24. The number of nitrogens with zero attached hydrogens (tertiary/aromatic N) is 1. The quantitative estimate of drug-likeness (QED) is 0.282. The van der Waals surface area contributed by atoms with Crippen molar-refractivity contribution in [1.29, 1.82) is 0 Å². The summed E-state index contributed by atoms with van der Waals surface area (Å²) in [4.78, 5) is 51.3. The molecule has 1 fully saturated rings. The smallest absolute Gasteiger partial charge is 0.335 e. The Morgan fingerprint density at radius 2 is 1.76 bits per heavy atom. The molecule has 0 unspecified atom stereocenters. The molecule has 1 aliphatic heterocycles. The van der Waals surface area contributed by atoms with Crippen LogP contribution in [0.25, 0.3) is 6.08 Å². The summed E-state index contributed by atoms with van der Waals surface area (Å²) < 4.78 is 19.3. The largest absolute Gasteiger partial charge is 0.483 e.